The average molecular weight is 744 g/mol. The van der Waals surface area contributed by atoms with E-state index in [0.717, 1.165) is 24.9 Å². The van der Waals surface area contributed by atoms with Crippen molar-refractivity contribution in [1.29, 1.82) is 0 Å². The Kier molecular flexibility index (Phi) is 13.5. The van der Waals surface area contributed by atoms with Crippen LogP contribution in [-0.2, 0) is 35.0 Å². The molecule has 1 heterocycles. The molecule has 1 aliphatic rings. The first-order valence-corrected chi connectivity index (χ1v) is 21.0. The Bertz CT molecular complexity index is 1790. The van der Waals surface area contributed by atoms with Crippen LogP contribution >= 0.6 is 11.8 Å². The molecule has 0 bridgehead atoms. The molecule has 2 amide bonds. The van der Waals surface area contributed by atoms with Gasteiger partial charge >= 0.3 is 5.97 Å². The SMILES string of the molecule is CCCCC1(CC)CN(c2ccccc2)c2cc(SC)c(OCC(=O)N[C@@H](C(=O)N[C@H](CS(C)=O)C(=O)O)c3ccccc3)cc2S(=O)(=O)C1. The summed E-state index contributed by atoms with van der Waals surface area (Å²) in [5, 5.41) is 14.5. The van der Waals surface area contributed by atoms with E-state index in [9.17, 15) is 32.1 Å². The molecule has 11 nitrogen and oxygen atoms in total. The summed E-state index contributed by atoms with van der Waals surface area (Å²) in [5.74, 6) is -2.98. The Balaban J connectivity index is 1.65. The van der Waals surface area contributed by atoms with Crippen LogP contribution in [0, 0.1) is 5.41 Å². The summed E-state index contributed by atoms with van der Waals surface area (Å²) in [6, 6.07) is 18.6. The number of amides is 2. The fourth-order valence-corrected chi connectivity index (χ4v) is 9.52. The molecule has 0 saturated heterocycles. The van der Waals surface area contributed by atoms with Gasteiger partial charge in [-0.3, -0.25) is 13.8 Å². The van der Waals surface area contributed by atoms with E-state index in [0.29, 0.717) is 29.1 Å². The van der Waals surface area contributed by atoms with E-state index in [4.69, 9.17) is 4.74 Å². The fraction of sp³-hybridized carbons (Fsp3) is 0.417. The monoisotopic (exact) mass is 743 g/mol. The molecule has 1 aliphatic heterocycles. The number of benzene rings is 3. The number of carboxylic acids is 1. The summed E-state index contributed by atoms with van der Waals surface area (Å²) in [4.78, 5) is 41.2. The number of anilines is 2. The van der Waals surface area contributed by atoms with Crippen molar-refractivity contribution in [2.24, 2.45) is 5.41 Å². The minimum absolute atomic E-state index is 0.0256. The molecule has 0 radical (unpaired) electrons. The molecule has 4 rings (SSSR count). The van der Waals surface area contributed by atoms with Crippen LogP contribution in [0.4, 0.5) is 11.4 Å². The molecule has 0 fully saturated rings. The lowest BCUT2D eigenvalue weighted by atomic mass is 9.81. The Morgan fingerprint density at radius 1 is 1.04 bits per heavy atom. The van der Waals surface area contributed by atoms with Crippen LogP contribution in [0.3, 0.4) is 0 Å². The lowest BCUT2D eigenvalue weighted by Crippen LogP contribution is -2.49. The van der Waals surface area contributed by atoms with Gasteiger partial charge in [0.2, 0.25) is 5.91 Å². The van der Waals surface area contributed by atoms with E-state index in [1.807, 2.05) is 43.5 Å². The van der Waals surface area contributed by atoms with Crippen molar-refractivity contribution < 1.29 is 36.9 Å². The first kappa shape index (κ1) is 38.9. The van der Waals surface area contributed by atoms with Gasteiger partial charge in [0.25, 0.3) is 5.91 Å². The topological polar surface area (TPSA) is 159 Å². The highest BCUT2D eigenvalue weighted by molar-refractivity contribution is 7.98. The van der Waals surface area contributed by atoms with Crippen LogP contribution in [0.1, 0.15) is 51.1 Å². The third-order valence-corrected chi connectivity index (χ3v) is 12.4. The van der Waals surface area contributed by atoms with Crippen molar-refractivity contribution in [3.05, 3.63) is 78.4 Å². The van der Waals surface area contributed by atoms with Gasteiger partial charge in [-0.2, -0.15) is 0 Å². The molecular weight excluding hydrogens is 699 g/mol. The second-order valence-corrected chi connectivity index (χ2v) is 16.7. The molecule has 0 saturated carbocycles. The fourth-order valence-electron chi connectivity index (χ4n) is 6.10. The number of nitrogens with zero attached hydrogens (tertiary/aromatic N) is 1. The van der Waals surface area contributed by atoms with Crippen molar-refractivity contribution in [3.8, 4) is 5.75 Å². The Labute approximate surface area is 300 Å². The lowest BCUT2D eigenvalue weighted by molar-refractivity contribution is -0.141. The molecule has 270 valence electrons. The first-order chi connectivity index (χ1) is 23.8. The maximum absolute atomic E-state index is 14.2. The number of carbonyl (C=O) groups is 3. The van der Waals surface area contributed by atoms with Crippen molar-refractivity contribution in [1.82, 2.24) is 10.6 Å². The molecule has 0 aliphatic carbocycles. The largest absolute Gasteiger partial charge is 0.483 e. The number of hydrogen-bond acceptors (Lipinski definition) is 9. The molecule has 50 heavy (non-hydrogen) atoms. The van der Waals surface area contributed by atoms with Gasteiger partial charge in [0.15, 0.2) is 16.4 Å². The van der Waals surface area contributed by atoms with Crippen molar-refractivity contribution in [2.45, 2.75) is 61.4 Å². The third kappa shape index (κ3) is 9.67. The van der Waals surface area contributed by atoms with Gasteiger partial charge in [0, 0.05) is 40.8 Å². The van der Waals surface area contributed by atoms with E-state index >= 15 is 0 Å². The van der Waals surface area contributed by atoms with Crippen LogP contribution in [0.15, 0.2) is 82.6 Å². The number of nitrogens with one attached hydrogen (secondary N) is 2. The molecular formula is C36H45N3O8S3. The van der Waals surface area contributed by atoms with Gasteiger partial charge in [-0.05, 0) is 42.9 Å². The summed E-state index contributed by atoms with van der Waals surface area (Å²) >= 11 is 1.35. The van der Waals surface area contributed by atoms with Crippen LogP contribution in [0.25, 0.3) is 0 Å². The van der Waals surface area contributed by atoms with Gasteiger partial charge in [-0.15, -0.1) is 11.8 Å². The van der Waals surface area contributed by atoms with E-state index in [1.165, 1.54) is 24.1 Å². The highest BCUT2D eigenvalue weighted by atomic mass is 32.2. The molecule has 3 aromatic carbocycles. The summed E-state index contributed by atoms with van der Waals surface area (Å²) < 4.78 is 46.1. The Morgan fingerprint density at radius 3 is 2.28 bits per heavy atom. The predicted molar refractivity (Wildman–Crippen MR) is 197 cm³/mol. The summed E-state index contributed by atoms with van der Waals surface area (Å²) in [7, 11) is -5.31. The van der Waals surface area contributed by atoms with Gasteiger partial charge in [0.1, 0.15) is 17.8 Å². The standard InChI is InChI=1S/C36H45N3O8S3/c1-5-7-18-36(6-2)23-39(26-16-12-9-13-17-26)28-19-30(48-3)29(20-31(28)50(45,46)24-36)47-21-32(40)38-33(25-14-10-8-11-15-25)34(41)37-27(35(42)43)22-49(4)44/h8-17,19-20,27,33H,5-7,18,21-24H2,1-4H3,(H,37,41)(H,38,40)(H,42,43)/t27-,33-,36?,49?/m1/s1. The van der Waals surface area contributed by atoms with Crippen molar-refractivity contribution >= 4 is 61.6 Å². The predicted octanol–water partition coefficient (Wildman–Crippen LogP) is 5.10. The molecule has 0 spiro atoms. The number of unbranched alkanes of at least 4 members (excludes halogenated alkanes) is 1. The van der Waals surface area contributed by atoms with E-state index in [1.54, 1.807) is 36.4 Å². The number of fused-ring (bicyclic) bond motifs is 1. The highest BCUT2D eigenvalue weighted by Crippen LogP contribution is 2.47. The summed E-state index contributed by atoms with van der Waals surface area (Å²) in [6.45, 7) is 4.11. The molecule has 3 N–H and O–H groups in total. The average Bonchev–Trinajstić information content (AvgIpc) is 3.19. The minimum atomic E-state index is -3.80. The second kappa shape index (κ2) is 17.4. The van der Waals surface area contributed by atoms with Gasteiger partial charge < -0.3 is 25.4 Å². The molecule has 3 aromatic rings. The van der Waals surface area contributed by atoms with Crippen LogP contribution in [-0.4, -0.2) is 78.7 Å². The highest BCUT2D eigenvalue weighted by Gasteiger charge is 2.42. The first-order valence-electron chi connectivity index (χ1n) is 16.4. The normalized spacial score (nSPS) is 18.5. The van der Waals surface area contributed by atoms with Crippen LogP contribution < -0.4 is 20.3 Å². The van der Waals surface area contributed by atoms with Gasteiger partial charge in [0.05, 0.1) is 27.0 Å². The number of hydrogen-bond donors (Lipinski definition) is 3. The van der Waals surface area contributed by atoms with Crippen LogP contribution in [0.2, 0.25) is 0 Å². The van der Waals surface area contributed by atoms with Crippen molar-refractivity contribution in [3.63, 3.8) is 0 Å². The zero-order chi connectivity index (χ0) is 36.5. The number of carboxylic acid groups (broad SMARTS) is 1. The second-order valence-electron chi connectivity index (χ2n) is 12.4. The maximum atomic E-state index is 14.2. The number of sulfone groups is 1. The van der Waals surface area contributed by atoms with E-state index < -0.39 is 62.5 Å². The Morgan fingerprint density at radius 2 is 1.70 bits per heavy atom. The molecule has 14 heteroatoms. The zero-order valence-electron chi connectivity index (χ0n) is 28.7. The number of ether oxygens (including phenoxy) is 1. The van der Waals surface area contributed by atoms with Crippen molar-refractivity contribution in [2.75, 3.05) is 42.1 Å². The van der Waals surface area contributed by atoms with Crippen LogP contribution in [0.5, 0.6) is 5.75 Å². The minimum Gasteiger partial charge on any atom is -0.483 e. The van der Waals surface area contributed by atoms with Gasteiger partial charge in [-0.25, -0.2) is 13.2 Å². The van der Waals surface area contributed by atoms with E-state index in [2.05, 4.69) is 22.5 Å². The summed E-state index contributed by atoms with van der Waals surface area (Å²) in [5.41, 5.74) is 1.33. The maximum Gasteiger partial charge on any atom is 0.327 e. The third-order valence-electron chi connectivity index (χ3n) is 8.81. The quantitative estimate of drug-likeness (QED) is 0.169. The van der Waals surface area contributed by atoms with E-state index in [-0.39, 0.29) is 22.2 Å². The molecule has 0 aromatic heterocycles. The number of para-hydroxylation sites is 1. The number of rotatable bonds is 16. The number of carbonyl (C=O) groups excluding carboxylic acids is 2. The smallest absolute Gasteiger partial charge is 0.327 e. The number of aliphatic carboxylic acids is 1. The number of thioether (sulfide) groups is 1. The molecule has 4 atom stereocenters. The lowest BCUT2D eigenvalue weighted by Gasteiger charge is -2.36. The summed E-state index contributed by atoms with van der Waals surface area (Å²) in [6.07, 6.45) is 6.46. The zero-order valence-corrected chi connectivity index (χ0v) is 31.2. The van der Waals surface area contributed by atoms with Gasteiger partial charge in [-0.1, -0.05) is 75.2 Å². The molecule has 2 unspecified atom stereocenters. The Hall–Kier alpha value is -3.88.